The highest BCUT2D eigenvalue weighted by molar-refractivity contribution is 7.07. The largest absolute Gasteiger partial charge is 0.367 e. The molecule has 7 heteroatoms. The molecule has 0 radical (unpaired) electrons. The Morgan fingerprint density at radius 2 is 2.38 bits per heavy atom. The lowest BCUT2D eigenvalue weighted by Crippen LogP contribution is -2.50. The van der Waals surface area contributed by atoms with Gasteiger partial charge < -0.3 is 15.0 Å². The molecule has 1 aliphatic heterocycles. The highest BCUT2D eigenvalue weighted by atomic mass is 32.1. The number of hydrogen-bond acceptors (Lipinski definition) is 4. The smallest absolute Gasteiger partial charge is 0.317 e. The van der Waals surface area contributed by atoms with Crippen LogP contribution in [0.15, 0.2) is 29.2 Å². The van der Waals surface area contributed by atoms with E-state index in [1.165, 1.54) is 0 Å². The van der Waals surface area contributed by atoms with Crippen molar-refractivity contribution in [3.05, 3.63) is 40.3 Å². The molecular formula is C17H24N4O2S. The van der Waals surface area contributed by atoms with Crippen molar-refractivity contribution in [2.24, 2.45) is 0 Å². The number of carbonyl (C=O) groups excluding carboxylic acids is 1. The minimum absolute atomic E-state index is 0.0120. The summed E-state index contributed by atoms with van der Waals surface area (Å²) in [7, 11) is 0. The summed E-state index contributed by atoms with van der Waals surface area (Å²) in [6, 6.07) is 2.05. The number of aryl methyl sites for hydroxylation is 2. The summed E-state index contributed by atoms with van der Waals surface area (Å²) in [5, 5.41) is 11.4. The fourth-order valence-electron chi connectivity index (χ4n) is 2.90. The predicted molar refractivity (Wildman–Crippen MR) is 94.2 cm³/mol. The topological polar surface area (TPSA) is 59.4 Å². The highest BCUT2D eigenvalue weighted by Crippen LogP contribution is 2.26. The molecule has 1 aliphatic rings. The Kier molecular flexibility index (Phi) is 5.52. The average molecular weight is 348 g/mol. The van der Waals surface area contributed by atoms with Crippen molar-refractivity contribution in [2.45, 2.75) is 39.0 Å². The van der Waals surface area contributed by atoms with Gasteiger partial charge in [0.25, 0.3) is 0 Å². The maximum Gasteiger partial charge on any atom is 0.317 e. The van der Waals surface area contributed by atoms with E-state index in [9.17, 15) is 4.79 Å². The molecule has 0 saturated carbocycles. The Morgan fingerprint density at radius 1 is 1.50 bits per heavy atom. The van der Waals surface area contributed by atoms with Crippen LogP contribution in [-0.2, 0) is 11.3 Å². The van der Waals surface area contributed by atoms with Gasteiger partial charge in [0.1, 0.15) is 6.10 Å². The van der Waals surface area contributed by atoms with Gasteiger partial charge >= 0.3 is 6.03 Å². The number of hydrogen-bond donors (Lipinski definition) is 1. The molecule has 24 heavy (non-hydrogen) atoms. The normalized spacial score (nSPS) is 21.0. The summed E-state index contributed by atoms with van der Waals surface area (Å²) in [5.41, 5.74) is 2.30. The number of amides is 2. The summed E-state index contributed by atoms with van der Waals surface area (Å²) in [6.07, 6.45) is 4.73. The van der Waals surface area contributed by atoms with E-state index in [2.05, 4.69) is 21.9 Å². The van der Waals surface area contributed by atoms with Gasteiger partial charge in [-0.05, 0) is 48.2 Å². The first-order chi connectivity index (χ1) is 11.6. The van der Waals surface area contributed by atoms with Crippen LogP contribution in [0.1, 0.15) is 30.6 Å². The van der Waals surface area contributed by atoms with Gasteiger partial charge in [0.15, 0.2) is 0 Å². The van der Waals surface area contributed by atoms with Gasteiger partial charge in [-0.3, -0.25) is 4.68 Å². The van der Waals surface area contributed by atoms with Crippen LogP contribution in [0.5, 0.6) is 0 Å². The van der Waals surface area contributed by atoms with Crippen molar-refractivity contribution in [2.75, 3.05) is 19.6 Å². The third-order valence-corrected chi connectivity index (χ3v) is 4.77. The van der Waals surface area contributed by atoms with Crippen LogP contribution in [-0.4, -0.2) is 46.4 Å². The molecule has 3 heterocycles. The molecule has 6 nitrogen and oxygen atoms in total. The van der Waals surface area contributed by atoms with Crippen molar-refractivity contribution >= 4 is 17.4 Å². The Labute approximate surface area is 146 Å². The zero-order chi connectivity index (χ0) is 16.9. The zero-order valence-electron chi connectivity index (χ0n) is 14.1. The van der Waals surface area contributed by atoms with Crippen LogP contribution in [0.4, 0.5) is 4.79 Å². The van der Waals surface area contributed by atoms with Gasteiger partial charge in [-0.2, -0.15) is 16.4 Å². The van der Waals surface area contributed by atoms with Crippen molar-refractivity contribution in [1.29, 1.82) is 0 Å². The number of carbonyl (C=O) groups is 1. The second-order valence-corrected chi connectivity index (χ2v) is 7.04. The number of urea groups is 1. The van der Waals surface area contributed by atoms with Crippen molar-refractivity contribution in [1.82, 2.24) is 20.0 Å². The molecule has 2 atom stereocenters. The quantitative estimate of drug-likeness (QED) is 0.845. The summed E-state index contributed by atoms with van der Waals surface area (Å²) < 4.78 is 7.88. The number of nitrogens with one attached hydrogen (secondary N) is 1. The Hall–Kier alpha value is -1.86. The van der Waals surface area contributed by atoms with Crippen LogP contribution in [0, 0.1) is 6.92 Å². The van der Waals surface area contributed by atoms with Crippen LogP contribution in [0.3, 0.4) is 0 Å². The van der Waals surface area contributed by atoms with Crippen molar-refractivity contribution in [3.63, 3.8) is 0 Å². The molecule has 1 saturated heterocycles. The van der Waals surface area contributed by atoms with E-state index in [-0.39, 0.29) is 18.2 Å². The second kappa shape index (κ2) is 7.81. The average Bonchev–Trinajstić information content (AvgIpc) is 3.22. The SMILES string of the molecule is Cc1cnn(CCCNC(=O)N2C[C@@H](c3ccsc3)O[C@@H](C)C2)c1. The fourth-order valence-corrected chi connectivity index (χ4v) is 3.60. The van der Waals surface area contributed by atoms with Crippen LogP contribution < -0.4 is 5.32 Å². The van der Waals surface area contributed by atoms with Crippen molar-refractivity contribution < 1.29 is 9.53 Å². The van der Waals surface area contributed by atoms with Gasteiger partial charge in [-0.15, -0.1) is 0 Å². The minimum Gasteiger partial charge on any atom is -0.367 e. The first kappa shape index (κ1) is 17.0. The molecule has 0 aliphatic carbocycles. The predicted octanol–water partition coefficient (Wildman–Crippen LogP) is 2.81. The van der Waals surface area contributed by atoms with E-state index in [1.54, 1.807) is 11.3 Å². The molecule has 1 fully saturated rings. The zero-order valence-corrected chi connectivity index (χ0v) is 15.0. The molecule has 0 spiro atoms. The Morgan fingerprint density at radius 3 is 3.08 bits per heavy atom. The van der Waals surface area contributed by atoms with Gasteiger partial charge in [-0.25, -0.2) is 4.79 Å². The maximum atomic E-state index is 12.4. The number of nitrogens with zero attached hydrogens (tertiary/aromatic N) is 3. The van der Waals surface area contributed by atoms with Crippen LogP contribution in [0.2, 0.25) is 0 Å². The second-order valence-electron chi connectivity index (χ2n) is 6.26. The molecule has 2 amide bonds. The van der Waals surface area contributed by atoms with Gasteiger partial charge in [0.2, 0.25) is 0 Å². The lowest BCUT2D eigenvalue weighted by Gasteiger charge is -2.36. The minimum atomic E-state index is -0.0298. The molecule has 0 unspecified atom stereocenters. The molecule has 2 aromatic rings. The summed E-state index contributed by atoms with van der Waals surface area (Å²) in [4.78, 5) is 14.3. The molecule has 130 valence electrons. The standard InChI is InChI=1S/C17H24N4O2S/c1-13-8-19-21(9-13)6-3-5-18-17(22)20-10-14(2)23-16(11-20)15-4-7-24-12-15/h4,7-9,12,14,16H,3,5-6,10-11H2,1-2H3,(H,18,22)/t14-,16-/m0/s1. The lowest BCUT2D eigenvalue weighted by atomic mass is 10.1. The third-order valence-electron chi connectivity index (χ3n) is 4.07. The van der Waals surface area contributed by atoms with E-state index in [1.807, 2.05) is 41.2 Å². The van der Waals surface area contributed by atoms with Crippen molar-refractivity contribution in [3.8, 4) is 0 Å². The van der Waals surface area contributed by atoms with E-state index in [4.69, 9.17) is 4.74 Å². The number of rotatable bonds is 5. The molecule has 0 bridgehead atoms. The van der Waals surface area contributed by atoms with E-state index >= 15 is 0 Å². The molecule has 0 aromatic carbocycles. The molecule has 1 N–H and O–H groups in total. The van der Waals surface area contributed by atoms with E-state index in [0.29, 0.717) is 19.6 Å². The van der Waals surface area contributed by atoms with Crippen LogP contribution >= 0.6 is 11.3 Å². The first-order valence-electron chi connectivity index (χ1n) is 8.31. The molecule has 2 aromatic heterocycles. The first-order valence-corrected chi connectivity index (χ1v) is 9.25. The monoisotopic (exact) mass is 348 g/mol. The van der Waals surface area contributed by atoms with Gasteiger partial charge in [0.05, 0.1) is 18.8 Å². The summed E-state index contributed by atoms with van der Waals surface area (Å²) in [6.45, 7) is 6.72. The summed E-state index contributed by atoms with van der Waals surface area (Å²) >= 11 is 1.65. The number of morpholine rings is 1. The number of aromatic nitrogens is 2. The van der Waals surface area contributed by atoms with Gasteiger partial charge in [-0.1, -0.05) is 0 Å². The lowest BCUT2D eigenvalue weighted by molar-refractivity contribution is -0.0654. The Bertz CT molecular complexity index is 655. The maximum absolute atomic E-state index is 12.4. The molecule has 3 rings (SSSR count). The molecular weight excluding hydrogens is 324 g/mol. The summed E-state index contributed by atoms with van der Waals surface area (Å²) in [5.74, 6) is 0. The number of thiophene rings is 1. The Balaban J connectivity index is 1.45. The highest BCUT2D eigenvalue weighted by Gasteiger charge is 2.29. The fraction of sp³-hybridized carbons (Fsp3) is 0.529. The third kappa shape index (κ3) is 4.36. The van der Waals surface area contributed by atoms with Crippen LogP contribution in [0.25, 0.3) is 0 Å². The number of ether oxygens (including phenoxy) is 1. The van der Waals surface area contributed by atoms with E-state index < -0.39 is 0 Å². The van der Waals surface area contributed by atoms with E-state index in [0.717, 1.165) is 24.1 Å². The van der Waals surface area contributed by atoms with Gasteiger partial charge in [0, 0.05) is 25.8 Å².